The van der Waals surface area contributed by atoms with Crippen LogP contribution in [0.3, 0.4) is 0 Å². The summed E-state index contributed by atoms with van der Waals surface area (Å²) in [7, 11) is 0. The first-order valence-electron chi connectivity index (χ1n) is 11.6. The molecular formula is C32H28N2O. The number of ether oxygens (including phenoxy) is 1. The third-order valence-corrected chi connectivity index (χ3v) is 5.13. The topological polar surface area (TPSA) is 34.0 Å². The van der Waals surface area contributed by atoms with E-state index in [0.29, 0.717) is 0 Å². The van der Waals surface area contributed by atoms with Crippen LogP contribution in [0.15, 0.2) is 130 Å². The van der Waals surface area contributed by atoms with Crippen LogP contribution in [-0.4, -0.2) is 12.4 Å². The van der Waals surface area contributed by atoms with Crippen LogP contribution >= 0.6 is 0 Å². The molecule has 0 aromatic heterocycles. The van der Waals surface area contributed by atoms with Crippen LogP contribution in [0.5, 0.6) is 11.5 Å². The Bertz CT molecular complexity index is 1230. The molecular weight excluding hydrogens is 428 g/mol. The second kappa shape index (κ2) is 12.1. The van der Waals surface area contributed by atoms with Gasteiger partial charge in [0.05, 0.1) is 11.4 Å². The summed E-state index contributed by atoms with van der Waals surface area (Å²) in [6.45, 7) is 4.09. The number of hydrogen-bond donors (Lipinski definition) is 0. The van der Waals surface area contributed by atoms with Gasteiger partial charge >= 0.3 is 0 Å². The highest BCUT2D eigenvalue weighted by atomic mass is 16.5. The first-order chi connectivity index (χ1) is 17.1. The maximum Gasteiger partial charge on any atom is 0.127 e. The highest BCUT2D eigenvalue weighted by Crippen LogP contribution is 2.26. The van der Waals surface area contributed by atoms with Gasteiger partial charge in [-0.25, -0.2) is 0 Å². The molecule has 3 heteroatoms. The minimum atomic E-state index is 0.762. The van der Waals surface area contributed by atoms with Crippen molar-refractivity contribution in [2.75, 3.05) is 0 Å². The van der Waals surface area contributed by atoms with Crippen molar-refractivity contribution < 1.29 is 4.74 Å². The average Bonchev–Trinajstić information content (AvgIpc) is 2.89. The number of allylic oxidation sites excluding steroid dienone is 2. The quantitative estimate of drug-likeness (QED) is 0.243. The molecule has 0 aliphatic carbocycles. The summed E-state index contributed by atoms with van der Waals surface area (Å²) >= 11 is 0. The van der Waals surface area contributed by atoms with E-state index >= 15 is 0 Å². The Morgan fingerprint density at radius 3 is 1.26 bits per heavy atom. The van der Waals surface area contributed by atoms with Gasteiger partial charge in [-0.05, 0) is 84.7 Å². The van der Waals surface area contributed by atoms with Crippen molar-refractivity contribution >= 4 is 36.0 Å². The van der Waals surface area contributed by atoms with Gasteiger partial charge in [-0.2, -0.15) is 0 Å². The summed E-state index contributed by atoms with van der Waals surface area (Å²) in [5.74, 6) is 1.52. The van der Waals surface area contributed by atoms with Gasteiger partial charge in [0.1, 0.15) is 11.5 Å². The Balaban J connectivity index is 1.32. The Hall–Kier alpha value is -4.50. The minimum absolute atomic E-state index is 0.762. The Morgan fingerprint density at radius 2 is 0.886 bits per heavy atom. The van der Waals surface area contributed by atoms with E-state index in [0.717, 1.165) is 45.1 Å². The molecule has 0 amide bonds. The molecule has 35 heavy (non-hydrogen) atoms. The molecule has 0 unspecified atom stereocenters. The van der Waals surface area contributed by atoms with Crippen molar-refractivity contribution in [1.29, 1.82) is 0 Å². The predicted molar refractivity (Wildman–Crippen MR) is 149 cm³/mol. The fourth-order valence-electron chi connectivity index (χ4n) is 3.39. The van der Waals surface area contributed by atoms with Crippen LogP contribution in [0.25, 0.3) is 12.2 Å². The number of aliphatic imine (C=N–C) groups is 2. The summed E-state index contributed by atoms with van der Waals surface area (Å²) in [6.07, 6.45) is 7.96. The van der Waals surface area contributed by atoms with Crippen molar-refractivity contribution in [3.8, 4) is 11.5 Å². The van der Waals surface area contributed by atoms with Crippen LogP contribution in [0, 0.1) is 0 Å². The molecule has 0 fully saturated rings. The van der Waals surface area contributed by atoms with Gasteiger partial charge in [0, 0.05) is 12.4 Å². The SMILES string of the molecule is CC(C=Nc1ccc(Oc2ccc(N=CC(C)=Cc3ccccc3)cc2)cc1)=Cc1ccccc1. The van der Waals surface area contributed by atoms with Crippen molar-refractivity contribution in [3.63, 3.8) is 0 Å². The monoisotopic (exact) mass is 456 g/mol. The molecule has 172 valence electrons. The molecule has 0 aliphatic heterocycles. The van der Waals surface area contributed by atoms with Gasteiger partial charge in [-0.15, -0.1) is 0 Å². The second-order valence-corrected chi connectivity index (χ2v) is 8.20. The van der Waals surface area contributed by atoms with Crippen molar-refractivity contribution in [1.82, 2.24) is 0 Å². The first kappa shape index (κ1) is 23.7. The lowest BCUT2D eigenvalue weighted by Gasteiger charge is -2.06. The van der Waals surface area contributed by atoms with E-state index < -0.39 is 0 Å². The molecule has 0 radical (unpaired) electrons. The van der Waals surface area contributed by atoms with Crippen LogP contribution in [0.2, 0.25) is 0 Å². The van der Waals surface area contributed by atoms with E-state index in [4.69, 9.17) is 4.74 Å². The lowest BCUT2D eigenvalue weighted by molar-refractivity contribution is 0.483. The summed E-state index contributed by atoms with van der Waals surface area (Å²) in [6, 6.07) is 35.9. The zero-order valence-electron chi connectivity index (χ0n) is 20.0. The molecule has 4 aromatic carbocycles. The average molecular weight is 457 g/mol. The van der Waals surface area contributed by atoms with E-state index in [9.17, 15) is 0 Å². The van der Waals surface area contributed by atoms with Gasteiger partial charge in [-0.1, -0.05) is 72.8 Å². The zero-order valence-corrected chi connectivity index (χ0v) is 20.0. The molecule has 0 saturated heterocycles. The summed E-state index contributed by atoms with van der Waals surface area (Å²) in [5.41, 5.74) is 6.25. The van der Waals surface area contributed by atoms with E-state index in [2.05, 4.69) is 46.4 Å². The normalized spacial score (nSPS) is 12.4. The molecule has 0 N–H and O–H groups in total. The lowest BCUT2D eigenvalue weighted by Crippen LogP contribution is -1.83. The molecule has 0 atom stereocenters. The Labute approximate surface area is 207 Å². The van der Waals surface area contributed by atoms with Gasteiger partial charge in [-0.3, -0.25) is 9.98 Å². The van der Waals surface area contributed by atoms with Gasteiger partial charge in [0.2, 0.25) is 0 Å². The van der Waals surface area contributed by atoms with Crippen molar-refractivity contribution in [2.45, 2.75) is 13.8 Å². The van der Waals surface area contributed by atoms with Gasteiger partial charge in [0.15, 0.2) is 0 Å². The minimum Gasteiger partial charge on any atom is -0.457 e. The molecule has 0 heterocycles. The molecule has 4 aromatic rings. The molecule has 0 bridgehead atoms. The van der Waals surface area contributed by atoms with Crippen LogP contribution in [0.4, 0.5) is 11.4 Å². The highest BCUT2D eigenvalue weighted by Gasteiger charge is 1.99. The third kappa shape index (κ3) is 7.79. The first-order valence-corrected chi connectivity index (χ1v) is 11.6. The van der Waals surface area contributed by atoms with E-state index in [1.807, 2.05) is 111 Å². The molecule has 0 aliphatic rings. The van der Waals surface area contributed by atoms with Crippen LogP contribution in [0.1, 0.15) is 25.0 Å². The summed E-state index contributed by atoms with van der Waals surface area (Å²) in [4.78, 5) is 9.11. The van der Waals surface area contributed by atoms with E-state index in [1.165, 1.54) is 0 Å². The number of nitrogens with zero attached hydrogens (tertiary/aromatic N) is 2. The van der Waals surface area contributed by atoms with Gasteiger partial charge in [0.25, 0.3) is 0 Å². The fraction of sp³-hybridized carbons (Fsp3) is 0.0625. The molecule has 0 spiro atoms. The van der Waals surface area contributed by atoms with Gasteiger partial charge < -0.3 is 4.74 Å². The lowest BCUT2D eigenvalue weighted by atomic mass is 10.1. The summed E-state index contributed by atoms with van der Waals surface area (Å²) in [5, 5.41) is 0. The fourth-order valence-corrected chi connectivity index (χ4v) is 3.39. The summed E-state index contributed by atoms with van der Waals surface area (Å²) < 4.78 is 5.97. The van der Waals surface area contributed by atoms with Crippen molar-refractivity contribution in [3.05, 3.63) is 131 Å². The molecule has 3 nitrogen and oxygen atoms in total. The smallest absolute Gasteiger partial charge is 0.127 e. The number of rotatable bonds is 8. The number of hydrogen-bond acceptors (Lipinski definition) is 3. The maximum atomic E-state index is 5.97. The maximum absolute atomic E-state index is 5.97. The standard InChI is InChI=1S/C32H28N2O/c1-25(21-27-9-5-3-6-10-27)23-33-29-13-17-31(18-14-29)35-32-19-15-30(16-20-32)34-24-26(2)22-28-11-7-4-8-12-28/h3-24H,1-2H3. The van der Waals surface area contributed by atoms with Crippen molar-refractivity contribution in [2.24, 2.45) is 9.98 Å². The molecule has 0 saturated carbocycles. The van der Waals surface area contributed by atoms with E-state index in [1.54, 1.807) is 0 Å². The number of benzene rings is 4. The zero-order chi connectivity index (χ0) is 24.3. The molecule has 4 rings (SSSR count). The Kier molecular flexibility index (Phi) is 8.18. The highest BCUT2D eigenvalue weighted by molar-refractivity contribution is 5.87. The van der Waals surface area contributed by atoms with Crippen LogP contribution in [-0.2, 0) is 0 Å². The van der Waals surface area contributed by atoms with Crippen LogP contribution < -0.4 is 4.74 Å². The predicted octanol–water partition coefficient (Wildman–Crippen LogP) is 9.09. The Morgan fingerprint density at radius 1 is 0.514 bits per heavy atom. The van der Waals surface area contributed by atoms with E-state index in [-0.39, 0.29) is 0 Å². The largest absolute Gasteiger partial charge is 0.457 e. The second-order valence-electron chi connectivity index (χ2n) is 8.20. The third-order valence-electron chi connectivity index (χ3n) is 5.13.